The molecule has 0 aliphatic carbocycles. The SMILES string of the molecule is CCOC(=O)CCN(C)CCC(=O)Nc1cccc(F)c1. The molecule has 0 spiro atoms. The van der Waals surface area contributed by atoms with Crippen molar-refractivity contribution >= 4 is 17.6 Å². The van der Waals surface area contributed by atoms with Gasteiger partial charge < -0.3 is 15.0 Å². The van der Waals surface area contributed by atoms with Gasteiger partial charge in [-0.3, -0.25) is 9.59 Å². The topological polar surface area (TPSA) is 58.6 Å². The summed E-state index contributed by atoms with van der Waals surface area (Å²) in [7, 11) is 1.83. The molecule has 1 aromatic carbocycles. The summed E-state index contributed by atoms with van der Waals surface area (Å²) in [6.45, 7) is 3.18. The van der Waals surface area contributed by atoms with Gasteiger partial charge in [0.25, 0.3) is 0 Å². The third-order valence-corrected chi connectivity index (χ3v) is 2.83. The summed E-state index contributed by atoms with van der Waals surface area (Å²) in [5.74, 6) is -0.823. The standard InChI is InChI=1S/C15H21FN2O3/c1-3-21-15(20)8-10-18(2)9-7-14(19)17-13-6-4-5-12(16)11-13/h4-6,11H,3,7-10H2,1-2H3,(H,17,19). The number of amides is 1. The summed E-state index contributed by atoms with van der Waals surface area (Å²) >= 11 is 0. The molecule has 1 amide bonds. The van der Waals surface area contributed by atoms with E-state index in [4.69, 9.17) is 4.74 Å². The highest BCUT2D eigenvalue weighted by atomic mass is 19.1. The van der Waals surface area contributed by atoms with Crippen LogP contribution in [-0.2, 0) is 14.3 Å². The van der Waals surface area contributed by atoms with Crippen LogP contribution >= 0.6 is 0 Å². The number of hydrogen-bond acceptors (Lipinski definition) is 4. The van der Waals surface area contributed by atoms with Gasteiger partial charge in [0.05, 0.1) is 13.0 Å². The first-order chi connectivity index (χ1) is 10.0. The van der Waals surface area contributed by atoms with Gasteiger partial charge in [0.15, 0.2) is 0 Å². The molecule has 0 aliphatic rings. The van der Waals surface area contributed by atoms with Crippen LogP contribution in [0.3, 0.4) is 0 Å². The van der Waals surface area contributed by atoms with Crippen molar-refractivity contribution in [1.82, 2.24) is 4.90 Å². The fourth-order valence-corrected chi connectivity index (χ4v) is 1.71. The van der Waals surface area contributed by atoms with Crippen molar-refractivity contribution in [3.63, 3.8) is 0 Å². The van der Waals surface area contributed by atoms with Crippen LogP contribution in [0.25, 0.3) is 0 Å². The van der Waals surface area contributed by atoms with Gasteiger partial charge in [0.1, 0.15) is 5.82 Å². The second kappa shape index (κ2) is 9.07. The van der Waals surface area contributed by atoms with Crippen LogP contribution in [0, 0.1) is 5.82 Å². The Bertz CT molecular complexity index is 480. The lowest BCUT2D eigenvalue weighted by molar-refractivity contribution is -0.143. The van der Waals surface area contributed by atoms with Gasteiger partial charge in [0.2, 0.25) is 5.91 Å². The molecule has 1 aromatic rings. The highest BCUT2D eigenvalue weighted by Crippen LogP contribution is 2.09. The zero-order chi connectivity index (χ0) is 15.7. The van der Waals surface area contributed by atoms with Crippen LogP contribution in [0.1, 0.15) is 19.8 Å². The van der Waals surface area contributed by atoms with Crippen LogP contribution < -0.4 is 5.32 Å². The summed E-state index contributed by atoms with van der Waals surface area (Å²) in [6.07, 6.45) is 0.575. The summed E-state index contributed by atoms with van der Waals surface area (Å²) < 4.78 is 17.8. The fourth-order valence-electron chi connectivity index (χ4n) is 1.71. The van der Waals surface area contributed by atoms with E-state index in [9.17, 15) is 14.0 Å². The molecule has 0 unspecified atom stereocenters. The van der Waals surface area contributed by atoms with E-state index in [-0.39, 0.29) is 24.1 Å². The summed E-state index contributed by atoms with van der Waals surface area (Å²) in [5, 5.41) is 2.63. The zero-order valence-electron chi connectivity index (χ0n) is 12.4. The molecule has 5 nitrogen and oxygen atoms in total. The van der Waals surface area contributed by atoms with Gasteiger partial charge in [0, 0.05) is 25.2 Å². The Labute approximate surface area is 124 Å². The number of carbonyl (C=O) groups excluding carboxylic acids is 2. The molecule has 0 saturated carbocycles. The fraction of sp³-hybridized carbons (Fsp3) is 0.467. The monoisotopic (exact) mass is 296 g/mol. The minimum absolute atomic E-state index is 0.191. The molecule has 0 atom stereocenters. The molecule has 0 fully saturated rings. The maximum absolute atomic E-state index is 13.0. The minimum atomic E-state index is -0.389. The minimum Gasteiger partial charge on any atom is -0.466 e. The number of nitrogens with one attached hydrogen (secondary N) is 1. The Balaban J connectivity index is 2.24. The average molecular weight is 296 g/mol. The maximum Gasteiger partial charge on any atom is 0.307 e. The largest absolute Gasteiger partial charge is 0.466 e. The van der Waals surface area contributed by atoms with E-state index >= 15 is 0 Å². The molecular formula is C15H21FN2O3. The van der Waals surface area contributed by atoms with Gasteiger partial charge in [-0.25, -0.2) is 4.39 Å². The average Bonchev–Trinajstić information content (AvgIpc) is 2.43. The summed E-state index contributed by atoms with van der Waals surface area (Å²) in [6, 6.07) is 5.75. The maximum atomic E-state index is 13.0. The summed E-state index contributed by atoms with van der Waals surface area (Å²) in [4.78, 5) is 24.8. The smallest absolute Gasteiger partial charge is 0.307 e. The van der Waals surface area contributed by atoms with Crippen molar-refractivity contribution in [2.45, 2.75) is 19.8 Å². The van der Waals surface area contributed by atoms with Crippen LogP contribution in [0.5, 0.6) is 0 Å². The second-order valence-electron chi connectivity index (χ2n) is 4.67. The number of esters is 1. The second-order valence-corrected chi connectivity index (χ2v) is 4.67. The molecule has 0 bridgehead atoms. The third-order valence-electron chi connectivity index (χ3n) is 2.83. The number of rotatable bonds is 8. The molecule has 0 radical (unpaired) electrons. The van der Waals surface area contributed by atoms with E-state index in [0.717, 1.165) is 0 Å². The lowest BCUT2D eigenvalue weighted by atomic mass is 10.3. The normalized spacial score (nSPS) is 10.5. The van der Waals surface area contributed by atoms with Crippen LogP contribution in [-0.4, -0.2) is 43.5 Å². The molecule has 21 heavy (non-hydrogen) atoms. The number of nitrogens with zero attached hydrogens (tertiary/aromatic N) is 1. The van der Waals surface area contributed by atoms with Gasteiger partial charge in [-0.1, -0.05) is 6.07 Å². The zero-order valence-corrected chi connectivity index (χ0v) is 12.4. The number of anilines is 1. The van der Waals surface area contributed by atoms with Crippen molar-refractivity contribution in [3.8, 4) is 0 Å². The Kier molecular flexibility index (Phi) is 7.39. The number of hydrogen-bond donors (Lipinski definition) is 1. The van der Waals surface area contributed by atoms with Crippen molar-refractivity contribution in [1.29, 1.82) is 0 Å². The van der Waals surface area contributed by atoms with E-state index in [1.165, 1.54) is 18.2 Å². The number of carbonyl (C=O) groups is 2. The molecule has 0 aromatic heterocycles. The highest BCUT2D eigenvalue weighted by molar-refractivity contribution is 5.90. The first-order valence-electron chi connectivity index (χ1n) is 6.91. The predicted molar refractivity (Wildman–Crippen MR) is 78.4 cm³/mol. The van der Waals surface area contributed by atoms with E-state index in [1.807, 2.05) is 11.9 Å². The number of ether oxygens (including phenoxy) is 1. The molecule has 0 heterocycles. The highest BCUT2D eigenvalue weighted by Gasteiger charge is 2.08. The van der Waals surface area contributed by atoms with Gasteiger partial charge >= 0.3 is 5.97 Å². The predicted octanol–water partition coefficient (Wildman–Crippen LogP) is 2.04. The summed E-state index contributed by atoms with van der Waals surface area (Å²) in [5.41, 5.74) is 0.439. The van der Waals surface area contributed by atoms with Crippen LogP contribution in [0.15, 0.2) is 24.3 Å². The number of halogens is 1. The van der Waals surface area contributed by atoms with E-state index in [0.29, 0.717) is 31.8 Å². The molecular weight excluding hydrogens is 275 g/mol. The molecule has 1 rings (SSSR count). The van der Waals surface area contributed by atoms with E-state index in [1.54, 1.807) is 13.0 Å². The molecule has 0 saturated heterocycles. The lowest BCUT2D eigenvalue weighted by Crippen LogP contribution is -2.27. The first kappa shape index (κ1) is 17.1. The molecule has 0 aliphatic heterocycles. The first-order valence-corrected chi connectivity index (χ1v) is 6.91. The van der Waals surface area contributed by atoms with E-state index < -0.39 is 0 Å². The Morgan fingerprint density at radius 3 is 2.67 bits per heavy atom. The van der Waals surface area contributed by atoms with Crippen molar-refractivity contribution in [2.75, 3.05) is 32.1 Å². The molecule has 1 N–H and O–H groups in total. The van der Waals surface area contributed by atoms with Gasteiger partial charge in [-0.05, 0) is 32.2 Å². The van der Waals surface area contributed by atoms with E-state index in [2.05, 4.69) is 5.32 Å². The Morgan fingerprint density at radius 1 is 1.29 bits per heavy atom. The lowest BCUT2D eigenvalue weighted by Gasteiger charge is -2.15. The van der Waals surface area contributed by atoms with Crippen molar-refractivity contribution < 1.29 is 18.7 Å². The van der Waals surface area contributed by atoms with Crippen LogP contribution in [0.2, 0.25) is 0 Å². The van der Waals surface area contributed by atoms with Crippen LogP contribution in [0.4, 0.5) is 10.1 Å². The molecule has 6 heteroatoms. The van der Waals surface area contributed by atoms with Crippen molar-refractivity contribution in [3.05, 3.63) is 30.1 Å². The van der Waals surface area contributed by atoms with Gasteiger partial charge in [-0.2, -0.15) is 0 Å². The quantitative estimate of drug-likeness (QED) is 0.746. The Hall–Kier alpha value is -1.95. The van der Waals surface area contributed by atoms with Gasteiger partial charge in [-0.15, -0.1) is 0 Å². The third kappa shape index (κ3) is 7.41. The number of benzene rings is 1. The van der Waals surface area contributed by atoms with Crippen molar-refractivity contribution in [2.24, 2.45) is 0 Å². The molecule has 116 valence electrons. The Morgan fingerprint density at radius 2 is 2.00 bits per heavy atom.